The lowest BCUT2D eigenvalue weighted by Crippen LogP contribution is -2.34. The van der Waals surface area contributed by atoms with E-state index in [0.29, 0.717) is 11.8 Å². The molecule has 132 valence electrons. The summed E-state index contributed by atoms with van der Waals surface area (Å²) < 4.78 is 5.43. The Hall–Kier alpha value is -2.41. The third kappa shape index (κ3) is 3.51. The molecule has 0 saturated carbocycles. The molecule has 0 atom stereocenters. The molecule has 0 radical (unpaired) electrons. The molecule has 0 bridgehead atoms. The number of hydrogen-bond donors (Lipinski definition) is 2. The van der Waals surface area contributed by atoms with Crippen LogP contribution < -0.4 is 5.69 Å². The number of nitrogens with zero attached hydrogens (tertiary/aromatic N) is 3. The van der Waals surface area contributed by atoms with Gasteiger partial charge in [-0.3, -0.25) is 0 Å². The summed E-state index contributed by atoms with van der Waals surface area (Å²) >= 11 is 0. The molecule has 0 aliphatic carbocycles. The van der Waals surface area contributed by atoms with Gasteiger partial charge in [0.25, 0.3) is 5.89 Å². The van der Waals surface area contributed by atoms with Gasteiger partial charge in [0.2, 0.25) is 0 Å². The predicted molar refractivity (Wildman–Crippen MR) is 95.4 cm³/mol. The van der Waals surface area contributed by atoms with Gasteiger partial charge in [0.15, 0.2) is 5.82 Å². The van der Waals surface area contributed by atoms with Crippen molar-refractivity contribution in [2.75, 3.05) is 19.6 Å². The van der Waals surface area contributed by atoms with Gasteiger partial charge >= 0.3 is 5.69 Å². The third-order valence-electron chi connectivity index (χ3n) is 4.95. The van der Waals surface area contributed by atoms with E-state index in [4.69, 9.17) is 4.52 Å². The maximum atomic E-state index is 11.4. The lowest BCUT2D eigenvalue weighted by Gasteiger charge is -2.31. The first kappa shape index (κ1) is 16.1. The number of H-pyrrole nitrogens is 2. The first-order chi connectivity index (χ1) is 12.2. The highest BCUT2D eigenvalue weighted by atomic mass is 16.5. The van der Waals surface area contributed by atoms with Crippen molar-refractivity contribution in [3.05, 3.63) is 34.5 Å². The molecule has 1 aliphatic rings. The fourth-order valence-corrected chi connectivity index (χ4v) is 3.61. The van der Waals surface area contributed by atoms with Crippen molar-refractivity contribution < 1.29 is 4.52 Å². The van der Waals surface area contributed by atoms with E-state index in [1.807, 2.05) is 18.2 Å². The van der Waals surface area contributed by atoms with Crippen molar-refractivity contribution >= 4 is 11.0 Å². The second-order valence-corrected chi connectivity index (χ2v) is 6.84. The van der Waals surface area contributed by atoms with Crippen molar-refractivity contribution in [1.29, 1.82) is 0 Å². The van der Waals surface area contributed by atoms with E-state index >= 15 is 0 Å². The van der Waals surface area contributed by atoms with E-state index in [9.17, 15) is 4.79 Å². The van der Waals surface area contributed by atoms with Crippen molar-refractivity contribution in [1.82, 2.24) is 25.0 Å². The number of aromatic nitrogens is 4. The minimum Gasteiger partial charge on any atom is -0.334 e. The topological polar surface area (TPSA) is 90.8 Å². The Bertz CT molecular complexity index is 901. The zero-order valence-electron chi connectivity index (χ0n) is 14.4. The minimum absolute atomic E-state index is 0.215. The van der Waals surface area contributed by atoms with Crippen LogP contribution in [0, 0.1) is 5.92 Å². The summed E-state index contributed by atoms with van der Waals surface area (Å²) in [4.78, 5) is 23.9. The molecule has 7 nitrogen and oxygen atoms in total. The second kappa shape index (κ2) is 6.84. The minimum atomic E-state index is -0.215. The van der Waals surface area contributed by atoms with E-state index < -0.39 is 0 Å². The van der Waals surface area contributed by atoms with Crippen LogP contribution >= 0.6 is 0 Å². The van der Waals surface area contributed by atoms with Crippen LogP contribution in [-0.2, 0) is 6.42 Å². The molecule has 7 heteroatoms. The van der Waals surface area contributed by atoms with Crippen LogP contribution in [0.4, 0.5) is 0 Å². The van der Waals surface area contributed by atoms with Crippen molar-refractivity contribution in [3.63, 3.8) is 0 Å². The lowest BCUT2D eigenvalue weighted by atomic mass is 9.93. The first-order valence-corrected chi connectivity index (χ1v) is 8.98. The Morgan fingerprint density at radius 2 is 2.04 bits per heavy atom. The molecule has 1 aliphatic heterocycles. The molecule has 3 aromatic rings. The fraction of sp³-hybridized carbons (Fsp3) is 0.500. The zero-order chi connectivity index (χ0) is 17.2. The van der Waals surface area contributed by atoms with Crippen molar-refractivity contribution in [2.24, 2.45) is 5.92 Å². The summed E-state index contributed by atoms with van der Waals surface area (Å²) in [5.74, 6) is 1.90. The van der Waals surface area contributed by atoms with Crippen molar-refractivity contribution in [2.45, 2.75) is 32.6 Å². The van der Waals surface area contributed by atoms with E-state index in [0.717, 1.165) is 28.8 Å². The molecule has 0 amide bonds. The Kier molecular flexibility index (Phi) is 4.40. The predicted octanol–water partition coefficient (Wildman–Crippen LogP) is 2.57. The van der Waals surface area contributed by atoms with Gasteiger partial charge in [0, 0.05) is 12.0 Å². The Labute approximate surface area is 145 Å². The molecular formula is C18H23N5O2. The zero-order valence-corrected chi connectivity index (χ0v) is 14.4. The number of benzene rings is 1. The molecule has 1 saturated heterocycles. The van der Waals surface area contributed by atoms with Gasteiger partial charge in [-0.25, -0.2) is 4.79 Å². The third-order valence-corrected chi connectivity index (χ3v) is 4.95. The molecule has 1 aromatic carbocycles. The molecule has 2 aromatic heterocycles. The molecule has 2 N–H and O–H groups in total. The summed E-state index contributed by atoms with van der Waals surface area (Å²) in [6, 6.07) is 5.58. The van der Waals surface area contributed by atoms with Gasteiger partial charge in [0.1, 0.15) is 0 Å². The molecular weight excluding hydrogens is 318 g/mol. The molecule has 1 fully saturated rings. The maximum absolute atomic E-state index is 11.4. The maximum Gasteiger partial charge on any atom is 0.323 e. The molecule has 3 heterocycles. The Balaban J connectivity index is 1.44. The highest BCUT2D eigenvalue weighted by molar-refractivity contribution is 5.79. The molecule has 4 rings (SSSR count). The lowest BCUT2D eigenvalue weighted by molar-refractivity contribution is 0.182. The standard InChI is InChI=1S/C18H23N5O2/c1-2-7-23-8-5-12(6-9-23)10-16-21-17(25-22-16)13-3-4-14-15(11-13)20-18(24)19-14/h3-4,11-12H,2,5-10H2,1H3,(H2,19,20,24). The summed E-state index contributed by atoms with van der Waals surface area (Å²) in [5.41, 5.74) is 2.12. The van der Waals surface area contributed by atoms with Crippen LogP contribution in [0.1, 0.15) is 32.0 Å². The van der Waals surface area contributed by atoms with Gasteiger partial charge in [-0.1, -0.05) is 12.1 Å². The quantitative estimate of drug-likeness (QED) is 0.744. The molecule has 25 heavy (non-hydrogen) atoms. The summed E-state index contributed by atoms with van der Waals surface area (Å²) in [5, 5.41) is 4.15. The summed E-state index contributed by atoms with van der Waals surface area (Å²) in [6.07, 6.45) is 4.48. The van der Waals surface area contributed by atoms with Crippen LogP contribution in [-0.4, -0.2) is 44.6 Å². The number of likely N-dealkylation sites (tertiary alicyclic amines) is 1. The second-order valence-electron chi connectivity index (χ2n) is 6.84. The number of piperidine rings is 1. The van der Waals surface area contributed by atoms with Crippen molar-refractivity contribution in [3.8, 4) is 11.5 Å². The Morgan fingerprint density at radius 1 is 1.24 bits per heavy atom. The van der Waals surface area contributed by atoms with Gasteiger partial charge in [0.05, 0.1) is 11.0 Å². The van der Waals surface area contributed by atoms with Crippen LogP contribution in [0.2, 0.25) is 0 Å². The van der Waals surface area contributed by atoms with Gasteiger partial charge < -0.3 is 19.4 Å². The number of aromatic amines is 2. The molecule has 0 unspecified atom stereocenters. The number of imidazole rings is 1. The number of rotatable bonds is 5. The highest BCUT2D eigenvalue weighted by Crippen LogP contribution is 2.24. The monoisotopic (exact) mass is 341 g/mol. The van der Waals surface area contributed by atoms with Gasteiger partial charge in [-0.2, -0.15) is 4.98 Å². The SMILES string of the molecule is CCCN1CCC(Cc2noc(-c3ccc4[nH]c(=O)[nH]c4c3)n2)CC1. The van der Waals surface area contributed by atoms with Crippen LogP contribution in [0.15, 0.2) is 27.5 Å². The van der Waals surface area contributed by atoms with Crippen LogP contribution in [0.25, 0.3) is 22.5 Å². The van der Waals surface area contributed by atoms with E-state index in [1.165, 1.54) is 38.9 Å². The summed E-state index contributed by atoms with van der Waals surface area (Å²) in [7, 11) is 0. The van der Waals surface area contributed by atoms with Crippen LogP contribution in [0.3, 0.4) is 0 Å². The average molecular weight is 341 g/mol. The average Bonchev–Trinajstić information content (AvgIpc) is 3.21. The highest BCUT2D eigenvalue weighted by Gasteiger charge is 2.21. The van der Waals surface area contributed by atoms with Crippen LogP contribution in [0.5, 0.6) is 0 Å². The number of hydrogen-bond acceptors (Lipinski definition) is 5. The van der Waals surface area contributed by atoms with E-state index in [1.54, 1.807) is 0 Å². The fourth-order valence-electron chi connectivity index (χ4n) is 3.61. The van der Waals surface area contributed by atoms with Gasteiger partial charge in [-0.15, -0.1) is 0 Å². The van der Waals surface area contributed by atoms with E-state index in [2.05, 4.69) is 31.9 Å². The van der Waals surface area contributed by atoms with E-state index in [-0.39, 0.29) is 5.69 Å². The normalized spacial score (nSPS) is 16.7. The smallest absolute Gasteiger partial charge is 0.323 e. The Morgan fingerprint density at radius 3 is 2.84 bits per heavy atom. The largest absolute Gasteiger partial charge is 0.334 e. The first-order valence-electron chi connectivity index (χ1n) is 8.98. The molecule has 0 spiro atoms. The van der Waals surface area contributed by atoms with Gasteiger partial charge in [-0.05, 0) is 63.0 Å². The number of nitrogens with one attached hydrogen (secondary N) is 2. The summed E-state index contributed by atoms with van der Waals surface area (Å²) in [6.45, 7) is 5.76. The number of fused-ring (bicyclic) bond motifs is 1.